The molecule has 6 nitrogen and oxygen atoms in total. The highest BCUT2D eigenvalue weighted by molar-refractivity contribution is 6.00. The van der Waals surface area contributed by atoms with Gasteiger partial charge in [-0.25, -0.2) is 8.78 Å². The monoisotopic (exact) mass is 435 g/mol. The van der Waals surface area contributed by atoms with E-state index in [1.807, 2.05) is 26.8 Å². The van der Waals surface area contributed by atoms with E-state index in [0.717, 1.165) is 29.2 Å². The molecule has 1 aromatic heterocycles. The second kappa shape index (κ2) is 7.05. The minimum atomic E-state index is -0.828. The summed E-state index contributed by atoms with van der Waals surface area (Å²) in [7, 11) is 0. The SMILES string of the molecule is CC[C@@]1(c2cccc(-c3c(F)cncc3F)c2)C2=CN=NC2NC2=C1C(=O)NC(C)(C)C2. The Morgan fingerprint density at radius 1 is 1.19 bits per heavy atom. The average molecular weight is 435 g/mol. The fraction of sp³-hybridized carbons (Fsp3) is 0.333. The maximum Gasteiger partial charge on any atom is 0.250 e. The fourth-order valence-corrected chi connectivity index (χ4v) is 5.23. The number of nitrogens with one attached hydrogen (secondary N) is 2. The molecule has 0 saturated heterocycles. The van der Waals surface area contributed by atoms with Crippen molar-refractivity contribution in [1.29, 1.82) is 0 Å². The van der Waals surface area contributed by atoms with Crippen LogP contribution in [0.3, 0.4) is 0 Å². The molecule has 0 aliphatic carbocycles. The van der Waals surface area contributed by atoms with Crippen LogP contribution in [0.2, 0.25) is 0 Å². The number of pyridine rings is 1. The molecule has 1 unspecified atom stereocenters. The molecule has 32 heavy (non-hydrogen) atoms. The molecule has 0 bridgehead atoms. The highest BCUT2D eigenvalue weighted by Gasteiger charge is 2.53. The molecule has 1 aromatic carbocycles. The first kappa shape index (κ1) is 20.5. The van der Waals surface area contributed by atoms with E-state index < -0.39 is 22.6 Å². The summed E-state index contributed by atoms with van der Waals surface area (Å²) in [6, 6.07) is 7.06. The number of carbonyl (C=O) groups excluding carboxylic acids is 1. The Bertz CT molecular complexity index is 1210. The molecule has 0 saturated carbocycles. The topological polar surface area (TPSA) is 78.7 Å². The second-order valence-corrected chi connectivity index (χ2v) is 9.05. The van der Waals surface area contributed by atoms with E-state index in [1.54, 1.807) is 24.4 Å². The highest BCUT2D eigenvalue weighted by Crippen LogP contribution is 2.51. The van der Waals surface area contributed by atoms with Crippen molar-refractivity contribution in [3.8, 4) is 11.1 Å². The molecule has 3 aliphatic rings. The van der Waals surface area contributed by atoms with Gasteiger partial charge in [0.1, 0.15) is 0 Å². The molecule has 0 spiro atoms. The van der Waals surface area contributed by atoms with Crippen molar-refractivity contribution in [1.82, 2.24) is 15.6 Å². The van der Waals surface area contributed by atoms with Gasteiger partial charge in [-0.1, -0.05) is 25.1 Å². The number of hydrogen-bond donors (Lipinski definition) is 2. The van der Waals surface area contributed by atoms with Gasteiger partial charge in [-0.15, -0.1) is 0 Å². The van der Waals surface area contributed by atoms with Gasteiger partial charge in [0.15, 0.2) is 17.8 Å². The van der Waals surface area contributed by atoms with Gasteiger partial charge >= 0.3 is 0 Å². The lowest BCUT2D eigenvalue weighted by atomic mass is 9.62. The van der Waals surface area contributed by atoms with Crippen LogP contribution in [-0.4, -0.2) is 22.6 Å². The minimum Gasteiger partial charge on any atom is -0.362 e. The number of nitrogens with zero attached hydrogens (tertiary/aromatic N) is 3. The Kier molecular flexibility index (Phi) is 4.51. The summed E-state index contributed by atoms with van der Waals surface area (Å²) < 4.78 is 29.0. The molecule has 3 aliphatic heterocycles. The molecule has 0 radical (unpaired) electrons. The summed E-state index contributed by atoms with van der Waals surface area (Å²) in [6.45, 7) is 5.95. The van der Waals surface area contributed by atoms with Crippen molar-refractivity contribution >= 4 is 5.91 Å². The molecular formula is C24H23F2N5O. The average Bonchev–Trinajstić information content (AvgIpc) is 3.20. The van der Waals surface area contributed by atoms with Crippen LogP contribution in [-0.2, 0) is 10.2 Å². The van der Waals surface area contributed by atoms with Crippen molar-refractivity contribution in [2.24, 2.45) is 10.2 Å². The van der Waals surface area contributed by atoms with Crippen LogP contribution in [0.4, 0.5) is 8.78 Å². The quantitative estimate of drug-likeness (QED) is 0.745. The normalized spacial score (nSPS) is 25.6. The number of halogens is 2. The Labute approximate surface area is 184 Å². The van der Waals surface area contributed by atoms with Gasteiger partial charge < -0.3 is 10.6 Å². The van der Waals surface area contributed by atoms with Crippen molar-refractivity contribution in [3.05, 3.63) is 76.9 Å². The maximum absolute atomic E-state index is 14.5. The molecule has 2 atom stereocenters. The molecule has 2 aromatic rings. The van der Waals surface area contributed by atoms with E-state index in [9.17, 15) is 13.6 Å². The largest absolute Gasteiger partial charge is 0.362 e. The number of azo groups is 1. The Balaban J connectivity index is 1.76. The van der Waals surface area contributed by atoms with Gasteiger partial charge in [-0.2, -0.15) is 10.2 Å². The lowest BCUT2D eigenvalue weighted by Gasteiger charge is -2.48. The lowest BCUT2D eigenvalue weighted by molar-refractivity contribution is -0.120. The van der Waals surface area contributed by atoms with Gasteiger partial charge in [0.25, 0.3) is 5.91 Å². The zero-order chi connectivity index (χ0) is 22.7. The predicted octanol–water partition coefficient (Wildman–Crippen LogP) is 4.51. The first-order chi connectivity index (χ1) is 15.3. The van der Waals surface area contributed by atoms with Crippen molar-refractivity contribution in [2.75, 3.05) is 0 Å². The third kappa shape index (κ3) is 2.89. The van der Waals surface area contributed by atoms with Gasteiger partial charge in [-0.3, -0.25) is 9.78 Å². The number of benzene rings is 1. The van der Waals surface area contributed by atoms with Crippen LogP contribution in [0.5, 0.6) is 0 Å². The molecule has 5 rings (SSSR count). The van der Waals surface area contributed by atoms with Crippen molar-refractivity contribution in [3.63, 3.8) is 0 Å². The maximum atomic E-state index is 14.5. The van der Waals surface area contributed by atoms with Gasteiger partial charge in [-0.05, 0) is 37.5 Å². The van der Waals surface area contributed by atoms with E-state index in [-0.39, 0.29) is 17.6 Å². The fourth-order valence-electron chi connectivity index (χ4n) is 5.23. The van der Waals surface area contributed by atoms with Crippen LogP contribution < -0.4 is 10.6 Å². The Morgan fingerprint density at radius 2 is 1.94 bits per heavy atom. The van der Waals surface area contributed by atoms with Crippen molar-refractivity contribution in [2.45, 2.75) is 50.7 Å². The molecule has 4 heterocycles. The summed E-state index contributed by atoms with van der Waals surface area (Å²) in [5, 5.41) is 15.0. The molecular weight excluding hydrogens is 412 g/mol. The summed E-state index contributed by atoms with van der Waals surface area (Å²) in [5.41, 5.74) is 2.06. The number of carbonyl (C=O) groups is 1. The summed E-state index contributed by atoms with van der Waals surface area (Å²) in [5.74, 6) is -1.64. The highest BCUT2D eigenvalue weighted by atomic mass is 19.1. The van der Waals surface area contributed by atoms with E-state index >= 15 is 0 Å². The third-order valence-corrected chi connectivity index (χ3v) is 6.53. The van der Waals surface area contributed by atoms with Crippen LogP contribution in [0.15, 0.2) is 69.9 Å². The van der Waals surface area contributed by atoms with Gasteiger partial charge in [0.05, 0.1) is 35.1 Å². The van der Waals surface area contributed by atoms with Gasteiger partial charge in [0.2, 0.25) is 0 Å². The van der Waals surface area contributed by atoms with Gasteiger partial charge in [0, 0.05) is 23.2 Å². The molecule has 8 heteroatoms. The van der Waals surface area contributed by atoms with E-state index in [2.05, 4.69) is 25.8 Å². The predicted molar refractivity (Wildman–Crippen MR) is 115 cm³/mol. The van der Waals surface area contributed by atoms with E-state index in [4.69, 9.17) is 0 Å². The Hall–Kier alpha value is -3.42. The van der Waals surface area contributed by atoms with Crippen molar-refractivity contribution < 1.29 is 13.6 Å². The zero-order valence-corrected chi connectivity index (χ0v) is 18.0. The van der Waals surface area contributed by atoms with Crippen LogP contribution in [0.1, 0.15) is 39.2 Å². The molecule has 164 valence electrons. The first-order valence-corrected chi connectivity index (χ1v) is 10.6. The van der Waals surface area contributed by atoms with Crippen LogP contribution in [0.25, 0.3) is 11.1 Å². The van der Waals surface area contributed by atoms with Crippen LogP contribution >= 0.6 is 0 Å². The number of hydrogen-bond acceptors (Lipinski definition) is 5. The number of amides is 1. The number of rotatable bonds is 3. The van der Waals surface area contributed by atoms with E-state index in [0.29, 0.717) is 24.0 Å². The minimum absolute atomic E-state index is 0.142. The third-order valence-electron chi connectivity index (χ3n) is 6.53. The molecule has 1 amide bonds. The Morgan fingerprint density at radius 3 is 2.66 bits per heavy atom. The number of fused-ring (bicyclic) bond motifs is 1. The smallest absolute Gasteiger partial charge is 0.250 e. The number of aromatic nitrogens is 1. The summed E-state index contributed by atoms with van der Waals surface area (Å²) in [6.07, 6.45) is 4.47. The summed E-state index contributed by atoms with van der Waals surface area (Å²) >= 11 is 0. The molecule has 0 fully saturated rings. The van der Waals surface area contributed by atoms with Crippen LogP contribution in [0, 0.1) is 11.6 Å². The van der Waals surface area contributed by atoms with E-state index in [1.165, 1.54) is 0 Å². The lowest BCUT2D eigenvalue weighted by Crippen LogP contribution is -2.58. The first-order valence-electron chi connectivity index (χ1n) is 10.6. The summed E-state index contributed by atoms with van der Waals surface area (Å²) in [4.78, 5) is 17.0. The molecule has 2 N–H and O–H groups in total. The zero-order valence-electron chi connectivity index (χ0n) is 18.0. The second-order valence-electron chi connectivity index (χ2n) is 9.05. The standard InChI is InChI=1S/C24H23F2N5O/c1-4-24(14-7-5-6-13(8-14)19-16(25)11-27-12-17(19)26)15-10-28-31-21(15)29-18-9-23(2,3)30-22(32)20(18)24/h5-8,10-12,21,29H,4,9H2,1-3H3,(H,30,32)/t21?,24-/m1/s1.